The third-order valence-electron chi connectivity index (χ3n) is 3.49. The standard InChI is InChI=1S/C15H15N3O/c1-10-16-8-7-13(17-10)11-3-5-14-12(9-11)4-6-15(19)18(14)2/h3,5,7-9H,4,6H2,1-2H3. The van der Waals surface area contributed by atoms with Crippen LogP contribution in [0.4, 0.5) is 5.69 Å². The molecule has 2 heterocycles. The number of anilines is 1. The van der Waals surface area contributed by atoms with Gasteiger partial charge in [0.15, 0.2) is 0 Å². The number of benzene rings is 1. The van der Waals surface area contributed by atoms with Gasteiger partial charge in [-0.1, -0.05) is 6.07 Å². The Hall–Kier alpha value is -2.23. The zero-order valence-corrected chi connectivity index (χ0v) is 11.1. The number of nitrogens with zero attached hydrogens (tertiary/aromatic N) is 3. The first-order chi connectivity index (χ1) is 9.15. The summed E-state index contributed by atoms with van der Waals surface area (Å²) in [7, 11) is 1.83. The first-order valence-electron chi connectivity index (χ1n) is 6.34. The van der Waals surface area contributed by atoms with Gasteiger partial charge in [0.25, 0.3) is 0 Å². The van der Waals surface area contributed by atoms with Crippen molar-refractivity contribution in [1.29, 1.82) is 0 Å². The van der Waals surface area contributed by atoms with Crippen molar-refractivity contribution >= 4 is 11.6 Å². The molecule has 0 saturated carbocycles. The molecule has 0 atom stereocenters. The lowest BCUT2D eigenvalue weighted by atomic mass is 9.98. The summed E-state index contributed by atoms with van der Waals surface area (Å²) in [6.45, 7) is 1.88. The van der Waals surface area contributed by atoms with Crippen LogP contribution in [0.2, 0.25) is 0 Å². The first kappa shape index (κ1) is 11.8. The minimum atomic E-state index is 0.179. The van der Waals surface area contributed by atoms with Crippen LogP contribution in [0.25, 0.3) is 11.3 Å². The van der Waals surface area contributed by atoms with E-state index in [-0.39, 0.29) is 5.91 Å². The van der Waals surface area contributed by atoms with Crippen LogP contribution in [0.3, 0.4) is 0 Å². The molecule has 1 aliphatic rings. The molecule has 0 fully saturated rings. The topological polar surface area (TPSA) is 46.1 Å². The summed E-state index contributed by atoms with van der Waals surface area (Å²) >= 11 is 0. The normalized spacial score (nSPS) is 14.4. The minimum Gasteiger partial charge on any atom is -0.315 e. The summed E-state index contributed by atoms with van der Waals surface area (Å²) in [4.78, 5) is 21.9. The van der Waals surface area contributed by atoms with Crippen LogP contribution in [-0.2, 0) is 11.2 Å². The van der Waals surface area contributed by atoms with E-state index in [1.165, 1.54) is 5.56 Å². The van der Waals surface area contributed by atoms with Gasteiger partial charge in [-0.3, -0.25) is 4.79 Å². The average molecular weight is 253 g/mol. The van der Waals surface area contributed by atoms with Gasteiger partial charge in [0.1, 0.15) is 5.82 Å². The van der Waals surface area contributed by atoms with Crippen LogP contribution in [0.15, 0.2) is 30.5 Å². The zero-order chi connectivity index (χ0) is 13.4. The van der Waals surface area contributed by atoms with Crippen LogP contribution >= 0.6 is 0 Å². The summed E-state index contributed by atoms with van der Waals surface area (Å²) in [6, 6.07) is 8.04. The second-order valence-corrected chi connectivity index (χ2v) is 4.79. The second-order valence-electron chi connectivity index (χ2n) is 4.79. The number of carbonyl (C=O) groups excluding carboxylic acids is 1. The molecule has 1 aliphatic heterocycles. The molecule has 0 N–H and O–H groups in total. The lowest BCUT2D eigenvalue weighted by Gasteiger charge is -2.26. The summed E-state index contributed by atoms with van der Waals surface area (Å²) in [5.41, 5.74) is 4.21. The van der Waals surface area contributed by atoms with Gasteiger partial charge < -0.3 is 4.90 Å². The molecule has 19 heavy (non-hydrogen) atoms. The molecule has 0 unspecified atom stereocenters. The molecule has 0 aliphatic carbocycles. The summed E-state index contributed by atoms with van der Waals surface area (Å²) < 4.78 is 0. The van der Waals surface area contributed by atoms with Crippen molar-refractivity contribution in [2.45, 2.75) is 19.8 Å². The average Bonchev–Trinajstić information content (AvgIpc) is 2.43. The molecular weight excluding hydrogens is 238 g/mol. The summed E-state index contributed by atoms with van der Waals surface area (Å²) in [5, 5.41) is 0. The number of hydrogen-bond acceptors (Lipinski definition) is 3. The van der Waals surface area contributed by atoms with Gasteiger partial charge in [-0.15, -0.1) is 0 Å². The number of carbonyl (C=O) groups is 1. The monoisotopic (exact) mass is 253 g/mol. The Kier molecular flexibility index (Phi) is 2.78. The maximum absolute atomic E-state index is 11.7. The number of hydrogen-bond donors (Lipinski definition) is 0. The van der Waals surface area contributed by atoms with Crippen LogP contribution in [0, 0.1) is 6.92 Å². The largest absolute Gasteiger partial charge is 0.315 e. The predicted octanol–water partition coefficient (Wildman–Crippen LogP) is 2.36. The highest BCUT2D eigenvalue weighted by atomic mass is 16.2. The number of amides is 1. The van der Waals surface area contributed by atoms with E-state index in [1.54, 1.807) is 11.1 Å². The van der Waals surface area contributed by atoms with E-state index >= 15 is 0 Å². The van der Waals surface area contributed by atoms with E-state index in [2.05, 4.69) is 16.0 Å². The fraction of sp³-hybridized carbons (Fsp3) is 0.267. The van der Waals surface area contributed by atoms with Crippen molar-refractivity contribution in [1.82, 2.24) is 9.97 Å². The van der Waals surface area contributed by atoms with Crippen molar-refractivity contribution < 1.29 is 4.79 Å². The zero-order valence-electron chi connectivity index (χ0n) is 11.1. The number of aryl methyl sites for hydroxylation is 2. The van der Waals surface area contributed by atoms with Gasteiger partial charge in [0.05, 0.1) is 5.69 Å². The van der Waals surface area contributed by atoms with Gasteiger partial charge in [0.2, 0.25) is 5.91 Å². The third kappa shape index (κ3) is 2.10. The molecule has 4 heteroatoms. The highest BCUT2D eigenvalue weighted by molar-refractivity contribution is 5.96. The number of fused-ring (bicyclic) bond motifs is 1. The Morgan fingerprint density at radius 2 is 2.05 bits per heavy atom. The maximum atomic E-state index is 11.7. The predicted molar refractivity (Wildman–Crippen MR) is 73.9 cm³/mol. The van der Waals surface area contributed by atoms with E-state index in [9.17, 15) is 4.79 Å². The Morgan fingerprint density at radius 1 is 1.21 bits per heavy atom. The fourth-order valence-corrected chi connectivity index (χ4v) is 2.43. The minimum absolute atomic E-state index is 0.179. The second kappa shape index (κ2) is 4.46. The highest BCUT2D eigenvalue weighted by Crippen LogP contribution is 2.30. The molecule has 2 aromatic rings. The van der Waals surface area contributed by atoms with Crippen molar-refractivity contribution in [3.63, 3.8) is 0 Å². The Balaban J connectivity index is 2.05. The van der Waals surface area contributed by atoms with E-state index in [0.717, 1.165) is 29.2 Å². The van der Waals surface area contributed by atoms with Gasteiger partial charge in [0, 0.05) is 30.9 Å². The third-order valence-corrected chi connectivity index (χ3v) is 3.49. The molecule has 0 spiro atoms. The Labute approximate surface area is 112 Å². The number of rotatable bonds is 1. The van der Waals surface area contributed by atoms with E-state index in [0.29, 0.717) is 6.42 Å². The van der Waals surface area contributed by atoms with Crippen molar-refractivity contribution in [2.75, 3.05) is 11.9 Å². The first-order valence-corrected chi connectivity index (χ1v) is 6.34. The van der Waals surface area contributed by atoms with Crippen LogP contribution in [0.5, 0.6) is 0 Å². The molecule has 4 nitrogen and oxygen atoms in total. The van der Waals surface area contributed by atoms with E-state index in [4.69, 9.17) is 0 Å². The lowest BCUT2D eigenvalue weighted by Crippen LogP contribution is -2.30. The number of aromatic nitrogens is 2. The van der Waals surface area contributed by atoms with E-state index < -0.39 is 0 Å². The molecule has 0 saturated heterocycles. The van der Waals surface area contributed by atoms with Gasteiger partial charge in [-0.2, -0.15) is 0 Å². The SMILES string of the molecule is Cc1nccc(-c2ccc3c(c2)CCC(=O)N3C)n1. The van der Waals surface area contributed by atoms with Crippen molar-refractivity contribution in [3.8, 4) is 11.3 Å². The fourth-order valence-electron chi connectivity index (χ4n) is 2.43. The van der Waals surface area contributed by atoms with Crippen LogP contribution in [-0.4, -0.2) is 22.9 Å². The molecule has 1 aromatic carbocycles. The van der Waals surface area contributed by atoms with Crippen molar-refractivity contribution in [2.24, 2.45) is 0 Å². The molecular formula is C15H15N3O. The highest BCUT2D eigenvalue weighted by Gasteiger charge is 2.20. The molecule has 1 aromatic heterocycles. The van der Waals surface area contributed by atoms with Crippen LogP contribution in [0.1, 0.15) is 17.8 Å². The smallest absolute Gasteiger partial charge is 0.227 e. The summed E-state index contributed by atoms with van der Waals surface area (Å²) in [5.74, 6) is 0.945. The Morgan fingerprint density at radius 3 is 2.84 bits per heavy atom. The quantitative estimate of drug-likeness (QED) is 0.783. The summed E-state index contributed by atoms with van der Waals surface area (Å²) in [6.07, 6.45) is 3.15. The van der Waals surface area contributed by atoms with Gasteiger partial charge in [-0.25, -0.2) is 9.97 Å². The lowest BCUT2D eigenvalue weighted by molar-refractivity contribution is -0.118. The molecule has 1 amide bonds. The molecule has 3 rings (SSSR count). The van der Waals surface area contributed by atoms with Gasteiger partial charge in [-0.05, 0) is 37.1 Å². The van der Waals surface area contributed by atoms with Crippen molar-refractivity contribution in [3.05, 3.63) is 41.9 Å². The van der Waals surface area contributed by atoms with Gasteiger partial charge >= 0.3 is 0 Å². The molecule has 0 bridgehead atoms. The van der Waals surface area contributed by atoms with E-state index in [1.807, 2.05) is 32.2 Å². The van der Waals surface area contributed by atoms with Crippen LogP contribution < -0.4 is 4.90 Å². The Bertz CT molecular complexity index is 652. The maximum Gasteiger partial charge on any atom is 0.227 e. The molecule has 96 valence electrons. The molecule has 0 radical (unpaired) electrons.